The lowest BCUT2D eigenvalue weighted by Crippen LogP contribution is -2.07. The minimum absolute atomic E-state index is 0.00227. The van der Waals surface area contributed by atoms with E-state index >= 15 is 0 Å². The molecule has 0 saturated carbocycles. The summed E-state index contributed by atoms with van der Waals surface area (Å²) in [5.41, 5.74) is 0.658. The highest BCUT2D eigenvalue weighted by Crippen LogP contribution is 2.42. The summed E-state index contributed by atoms with van der Waals surface area (Å²) < 4.78 is 29.1. The molecule has 0 aliphatic carbocycles. The minimum Gasteiger partial charge on any atom is -0.496 e. The van der Waals surface area contributed by atoms with Gasteiger partial charge in [-0.15, -0.1) is 0 Å². The number of ketones is 1. The molecule has 5 heteroatoms. The Labute approximate surface area is 101 Å². The fourth-order valence-electron chi connectivity index (χ4n) is 2.32. The van der Waals surface area contributed by atoms with Crippen molar-refractivity contribution in [1.29, 1.82) is 0 Å². The van der Waals surface area contributed by atoms with Gasteiger partial charge in [0.15, 0.2) is 9.84 Å². The highest BCUT2D eigenvalue weighted by atomic mass is 32.2. The molecule has 4 nitrogen and oxygen atoms in total. The summed E-state index contributed by atoms with van der Waals surface area (Å²) >= 11 is 0. The molecule has 0 bridgehead atoms. The second kappa shape index (κ2) is 4.14. The van der Waals surface area contributed by atoms with E-state index in [1.54, 1.807) is 18.2 Å². The molecule has 0 spiro atoms. The van der Waals surface area contributed by atoms with Crippen molar-refractivity contribution in [3.63, 3.8) is 0 Å². The summed E-state index contributed by atoms with van der Waals surface area (Å²) in [5.74, 6) is 0.268. The SMILES string of the molecule is COc1cccc2c1C(CC(C)=O)CS2(=O)=O. The van der Waals surface area contributed by atoms with E-state index in [0.29, 0.717) is 16.2 Å². The van der Waals surface area contributed by atoms with Crippen LogP contribution in [0.1, 0.15) is 24.8 Å². The molecule has 1 aliphatic heterocycles. The van der Waals surface area contributed by atoms with E-state index in [9.17, 15) is 13.2 Å². The molecule has 0 aromatic heterocycles. The molecule has 17 heavy (non-hydrogen) atoms. The van der Waals surface area contributed by atoms with Gasteiger partial charge in [0.1, 0.15) is 11.5 Å². The van der Waals surface area contributed by atoms with Crippen molar-refractivity contribution in [2.24, 2.45) is 0 Å². The number of Topliss-reactive ketones (excluding diaryl/α,β-unsaturated/α-hetero) is 1. The predicted molar refractivity (Wildman–Crippen MR) is 63.1 cm³/mol. The Morgan fingerprint density at radius 2 is 2.18 bits per heavy atom. The highest BCUT2D eigenvalue weighted by molar-refractivity contribution is 7.91. The number of carbonyl (C=O) groups is 1. The number of hydrogen-bond acceptors (Lipinski definition) is 4. The van der Waals surface area contributed by atoms with Gasteiger partial charge in [0.2, 0.25) is 0 Å². The van der Waals surface area contributed by atoms with Gasteiger partial charge < -0.3 is 9.53 Å². The van der Waals surface area contributed by atoms with Crippen LogP contribution in [0.5, 0.6) is 5.75 Å². The molecule has 1 unspecified atom stereocenters. The van der Waals surface area contributed by atoms with Crippen LogP contribution in [0.25, 0.3) is 0 Å². The van der Waals surface area contributed by atoms with Crippen molar-refractivity contribution in [3.05, 3.63) is 23.8 Å². The molecule has 1 heterocycles. The Balaban J connectivity index is 2.58. The van der Waals surface area contributed by atoms with Gasteiger partial charge in [0, 0.05) is 17.9 Å². The largest absolute Gasteiger partial charge is 0.496 e. The molecule has 1 atom stereocenters. The molecule has 1 aromatic rings. The van der Waals surface area contributed by atoms with Gasteiger partial charge in [0.25, 0.3) is 0 Å². The highest BCUT2D eigenvalue weighted by Gasteiger charge is 2.37. The second-order valence-electron chi connectivity index (χ2n) is 4.26. The number of carbonyl (C=O) groups excluding carboxylic acids is 1. The molecule has 0 radical (unpaired) electrons. The quantitative estimate of drug-likeness (QED) is 0.821. The second-order valence-corrected chi connectivity index (χ2v) is 6.26. The van der Waals surface area contributed by atoms with Crippen LogP contribution in [0.2, 0.25) is 0 Å². The third-order valence-electron chi connectivity index (χ3n) is 2.94. The zero-order valence-electron chi connectivity index (χ0n) is 9.76. The molecule has 1 aliphatic rings. The summed E-state index contributed by atoms with van der Waals surface area (Å²) in [6, 6.07) is 4.96. The van der Waals surface area contributed by atoms with Crippen molar-refractivity contribution in [1.82, 2.24) is 0 Å². The molecule has 0 fully saturated rings. The minimum atomic E-state index is -3.27. The van der Waals surface area contributed by atoms with Crippen molar-refractivity contribution >= 4 is 15.6 Å². The first kappa shape index (κ1) is 12.1. The Morgan fingerprint density at radius 1 is 1.47 bits per heavy atom. The van der Waals surface area contributed by atoms with Crippen LogP contribution < -0.4 is 4.74 Å². The maximum Gasteiger partial charge on any atom is 0.179 e. The van der Waals surface area contributed by atoms with Crippen LogP contribution in [0.4, 0.5) is 0 Å². The Kier molecular flexibility index (Phi) is 2.95. The van der Waals surface area contributed by atoms with Crippen LogP contribution in [0, 0.1) is 0 Å². The van der Waals surface area contributed by atoms with Crippen LogP contribution in [-0.4, -0.2) is 27.1 Å². The molecular weight excluding hydrogens is 240 g/mol. The molecule has 0 amide bonds. The van der Waals surface area contributed by atoms with E-state index in [2.05, 4.69) is 0 Å². The number of benzene rings is 1. The van der Waals surface area contributed by atoms with Crippen molar-refractivity contribution in [2.45, 2.75) is 24.2 Å². The predicted octanol–water partition coefficient (Wildman–Crippen LogP) is 1.55. The average molecular weight is 254 g/mol. The lowest BCUT2D eigenvalue weighted by atomic mass is 9.95. The number of hydrogen-bond donors (Lipinski definition) is 0. The number of sulfone groups is 1. The Hall–Kier alpha value is -1.36. The third-order valence-corrected chi connectivity index (χ3v) is 4.81. The fraction of sp³-hybridized carbons (Fsp3) is 0.417. The molecule has 2 rings (SSSR count). The first-order chi connectivity index (χ1) is 7.95. The average Bonchev–Trinajstić information content (AvgIpc) is 2.50. The van der Waals surface area contributed by atoms with Crippen molar-refractivity contribution < 1.29 is 17.9 Å². The van der Waals surface area contributed by atoms with E-state index in [1.807, 2.05) is 0 Å². The Bertz CT molecular complexity index is 560. The maximum absolute atomic E-state index is 11.9. The monoisotopic (exact) mass is 254 g/mol. The van der Waals surface area contributed by atoms with E-state index < -0.39 is 9.84 Å². The van der Waals surface area contributed by atoms with Crippen molar-refractivity contribution in [2.75, 3.05) is 12.9 Å². The topological polar surface area (TPSA) is 60.4 Å². The van der Waals surface area contributed by atoms with Gasteiger partial charge in [-0.05, 0) is 19.1 Å². The van der Waals surface area contributed by atoms with E-state index in [0.717, 1.165) is 0 Å². The zero-order valence-corrected chi connectivity index (χ0v) is 10.6. The normalized spacial score (nSPS) is 20.9. The molecule has 92 valence electrons. The van der Waals surface area contributed by atoms with Gasteiger partial charge in [-0.25, -0.2) is 8.42 Å². The van der Waals surface area contributed by atoms with Crippen LogP contribution in [0.15, 0.2) is 23.1 Å². The smallest absolute Gasteiger partial charge is 0.179 e. The molecule has 1 aromatic carbocycles. The molecule has 0 N–H and O–H groups in total. The standard InChI is InChI=1S/C12H14O4S/c1-8(13)6-9-7-17(14,15)11-5-3-4-10(16-2)12(9)11/h3-5,9H,6-7H2,1-2H3. The third kappa shape index (κ3) is 2.07. The first-order valence-electron chi connectivity index (χ1n) is 5.35. The molecular formula is C12H14O4S. The van der Waals surface area contributed by atoms with Crippen LogP contribution in [0.3, 0.4) is 0 Å². The van der Waals surface area contributed by atoms with E-state index in [-0.39, 0.29) is 23.9 Å². The van der Waals surface area contributed by atoms with Gasteiger partial charge >= 0.3 is 0 Å². The summed E-state index contributed by atoms with van der Waals surface area (Å²) in [7, 11) is -1.76. The summed E-state index contributed by atoms with van der Waals surface area (Å²) in [6.07, 6.45) is 0.243. The number of ether oxygens (including phenoxy) is 1. The van der Waals surface area contributed by atoms with Crippen LogP contribution in [-0.2, 0) is 14.6 Å². The fourth-order valence-corrected chi connectivity index (χ4v) is 4.20. The summed E-state index contributed by atoms with van der Waals surface area (Å²) in [4.78, 5) is 11.5. The van der Waals surface area contributed by atoms with Gasteiger partial charge in [0.05, 0.1) is 17.8 Å². The maximum atomic E-state index is 11.9. The summed E-state index contributed by atoms with van der Waals surface area (Å²) in [6.45, 7) is 1.47. The Morgan fingerprint density at radius 3 is 2.76 bits per heavy atom. The first-order valence-corrected chi connectivity index (χ1v) is 7.00. The van der Waals surface area contributed by atoms with Gasteiger partial charge in [-0.1, -0.05) is 6.07 Å². The van der Waals surface area contributed by atoms with Crippen molar-refractivity contribution in [3.8, 4) is 5.75 Å². The molecule has 0 saturated heterocycles. The lowest BCUT2D eigenvalue weighted by Gasteiger charge is -2.11. The van der Waals surface area contributed by atoms with Gasteiger partial charge in [-0.2, -0.15) is 0 Å². The van der Waals surface area contributed by atoms with Crippen LogP contribution >= 0.6 is 0 Å². The number of fused-ring (bicyclic) bond motifs is 1. The zero-order chi connectivity index (χ0) is 12.6. The summed E-state index contributed by atoms with van der Waals surface area (Å²) in [5, 5.41) is 0. The van der Waals surface area contributed by atoms with E-state index in [4.69, 9.17) is 4.74 Å². The number of methoxy groups -OCH3 is 1. The van der Waals surface area contributed by atoms with Gasteiger partial charge in [-0.3, -0.25) is 0 Å². The van der Waals surface area contributed by atoms with E-state index in [1.165, 1.54) is 14.0 Å². The lowest BCUT2D eigenvalue weighted by molar-refractivity contribution is -0.117. The number of rotatable bonds is 3.